The minimum Gasteiger partial charge on any atom is -0.303 e. The Hall–Kier alpha value is -0.550. The summed E-state index contributed by atoms with van der Waals surface area (Å²) in [5, 5.41) is 8.45. The van der Waals surface area contributed by atoms with Gasteiger partial charge in [-0.3, -0.25) is 0 Å². The van der Waals surface area contributed by atoms with Crippen molar-refractivity contribution >= 4 is 0 Å². The molecule has 1 saturated carbocycles. The molecular weight excluding hydrogens is 184 g/mol. The van der Waals surface area contributed by atoms with Gasteiger partial charge in [-0.25, -0.2) is 0 Å². The Balaban J connectivity index is 2.14. The first-order valence-electron chi connectivity index (χ1n) is 6.42. The van der Waals surface area contributed by atoms with Crippen LogP contribution in [0.15, 0.2) is 0 Å². The highest BCUT2D eigenvalue weighted by atomic mass is 15.1. The second-order valence-electron chi connectivity index (χ2n) is 4.74. The van der Waals surface area contributed by atoms with E-state index in [1.165, 1.54) is 51.5 Å². The van der Waals surface area contributed by atoms with Crippen molar-refractivity contribution in [3.05, 3.63) is 0 Å². The molecule has 15 heavy (non-hydrogen) atoms. The molecule has 0 saturated heterocycles. The lowest BCUT2D eigenvalue weighted by Gasteiger charge is -2.26. The van der Waals surface area contributed by atoms with Crippen molar-refractivity contribution < 1.29 is 0 Å². The molecular formula is C13H24N2. The van der Waals surface area contributed by atoms with E-state index >= 15 is 0 Å². The summed E-state index contributed by atoms with van der Waals surface area (Å²) in [5.41, 5.74) is 0. The molecule has 2 nitrogen and oxygen atoms in total. The number of nitriles is 1. The quantitative estimate of drug-likeness (QED) is 0.512. The monoisotopic (exact) mass is 208 g/mol. The van der Waals surface area contributed by atoms with Gasteiger partial charge in [0.15, 0.2) is 0 Å². The van der Waals surface area contributed by atoms with Gasteiger partial charge in [0.25, 0.3) is 0 Å². The van der Waals surface area contributed by atoms with Crippen molar-refractivity contribution in [2.24, 2.45) is 0 Å². The average Bonchev–Trinajstić information content (AvgIpc) is 2.52. The molecule has 2 heteroatoms. The molecule has 0 unspecified atom stereocenters. The van der Waals surface area contributed by atoms with Gasteiger partial charge >= 0.3 is 0 Å². The molecule has 0 aromatic carbocycles. The van der Waals surface area contributed by atoms with Gasteiger partial charge in [0.1, 0.15) is 0 Å². The van der Waals surface area contributed by atoms with Gasteiger partial charge in [0.05, 0.1) is 6.07 Å². The van der Waals surface area contributed by atoms with E-state index in [0.717, 1.165) is 18.9 Å². The van der Waals surface area contributed by atoms with Crippen molar-refractivity contribution in [1.82, 2.24) is 4.90 Å². The van der Waals surface area contributed by atoms with Crippen molar-refractivity contribution in [3.63, 3.8) is 0 Å². The van der Waals surface area contributed by atoms with Gasteiger partial charge in [-0.1, -0.05) is 25.7 Å². The first-order chi connectivity index (χ1) is 7.34. The van der Waals surface area contributed by atoms with E-state index in [-0.39, 0.29) is 0 Å². The van der Waals surface area contributed by atoms with Crippen LogP contribution in [0.4, 0.5) is 0 Å². The third-order valence-corrected chi connectivity index (χ3v) is 3.50. The molecule has 1 aliphatic rings. The van der Waals surface area contributed by atoms with Crippen molar-refractivity contribution in [1.29, 1.82) is 5.26 Å². The Bertz CT molecular complexity index is 187. The van der Waals surface area contributed by atoms with Crippen LogP contribution in [0.2, 0.25) is 0 Å². The predicted molar refractivity (Wildman–Crippen MR) is 63.6 cm³/mol. The summed E-state index contributed by atoms with van der Waals surface area (Å²) < 4.78 is 0. The molecule has 1 rings (SSSR count). The van der Waals surface area contributed by atoms with E-state index < -0.39 is 0 Å². The van der Waals surface area contributed by atoms with Gasteiger partial charge in [0, 0.05) is 12.5 Å². The molecule has 0 amide bonds. The molecule has 0 aliphatic heterocycles. The Morgan fingerprint density at radius 2 is 1.80 bits per heavy atom. The zero-order chi connectivity index (χ0) is 10.9. The maximum absolute atomic E-state index is 8.45. The molecule has 1 fully saturated rings. The lowest BCUT2D eigenvalue weighted by molar-refractivity contribution is 0.217. The molecule has 0 bridgehead atoms. The minimum atomic E-state index is 0.721. The zero-order valence-corrected chi connectivity index (χ0v) is 10.0. The van der Waals surface area contributed by atoms with Crippen LogP contribution in [0.5, 0.6) is 0 Å². The van der Waals surface area contributed by atoms with Crippen LogP contribution in [-0.4, -0.2) is 24.5 Å². The van der Waals surface area contributed by atoms with E-state index in [1.807, 2.05) is 0 Å². The summed E-state index contributed by atoms with van der Waals surface area (Å²) in [6.07, 6.45) is 11.4. The summed E-state index contributed by atoms with van der Waals surface area (Å²) in [5.74, 6) is 0. The first kappa shape index (κ1) is 12.5. The molecule has 0 spiro atoms. The lowest BCUT2D eigenvalue weighted by Crippen LogP contribution is -2.32. The average molecular weight is 208 g/mol. The fraction of sp³-hybridized carbons (Fsp3) is 0.923. The number of rotatable bonds is 5. The largest absolute Gasteiger partial charge is 0.303 e. The van der Waals surface area contributed by atoms with E-state index in [9.17, 15) is 0 Å². The van der Waals surface area contributed by atoms with E-state index in [0.29, 0.717) is 0 Å². The summed E-state index contributed by atoms with van der Waals surface area (Å²) in [6, 6.07) is 3.03. The molecule has 0 aromatic heterocycles. The molecule has 0 heterocycles. The summed E-state index contributed by atoms with van der Waals surface area (Å²) in [6.45, 7) is 1.17. The summed E-state index contributed by atoms with van der Waals surface area (Å²) >= 11 is 0. The molecule has 86 valence electrons. The van der Waals surface area contributed by atoms with Gasteiger partial charge in [-0.15, -0.1) is 0 Å². The van der Waals surface area contributed by atoms with Crippen LogP contribution in [0.25, 0.3) is 0 Å². The third kappa shape index (κ3) is 5.18. The van der Waals surface area contributed by atoms with Gasteiger partial charge in [-0.2, -0.15) is 5.26 Å². The highest BCUT2D eigenvalue weighted by molar-refractivity contribution is 4.73. The second kappa shape index (κ2) is 7.70. The number of unbranched alkanes of at least 4 members (excludes halogenated alkanes) is 2. The van der Waals surface area contributed by atoms with Gasteiger partial charge in [0.2, 0.25) is 0 Å². The number of nitrogens with zero attached hydrogens (tertiary/aromatic N) is 2. The van der Waals surface area contributed by atoms with Crippen LogP contribution in [0.1, 0.15) is 57.8 Å². The number of hydrogen-bond donors (Lipinski definition) is 0. The van der Waals surface area contributed by atoms with Crippen LogP contribution in [0.3, 0.4) is 0 Å². The van der Waals surface area contributed by atoms with Gasteiger partial charge in [-0.05, 0) is 39.3 Å². The Morgan fingerprint density at radius 3 is 2.40 bits per heavy atom. The topological polar surface area (TPSA) is 27.0 Å². The van der Waals surface area contributed by atoms with Crippen molar-refractivity contribution in [3.8, 4) is 6.07 Å². The standard InChI is InChI=1S/C13H24N2/c1-15(12-8-4-7-11-14)13-9-5-2-3-6-10-13/h13H,2-10,12H2,1H3. The Morgan fingerprint density at radius 1 is 1.13 bits per heavy atom. The fourth-order valence-corrected chi connectivity index (χ4v) is 2.45. The highest BCUT2D eigenvalue weighted by Crippen LogP contribution is 2.21. The van der Waals surface area contributed by atoms with Crippen LogP contribution in [0, 0.1) is 11.3 Å². The third-order valence-electron chi connectivity index (χ3n) is 3.50. The maximum Gasteiger partial charge on any atom is 0.0621 e. The van der Waals surface area contributed by atoms with E-state index in [2.05, 4.69) is 18.0 Å². The molecule has 0 aromatic rings. The second-order valence-corrected chi connectivity index (χ2v) is 4.74. The molecule has 0 atom stereocenters. The highest BCUT2D eigenvalue weighted by Gasteiger charge is 2.15. The molecule has 0 N–H and O–H groups in total. The van der Waals surface area contributed by atoms with Crippen molar-refractivity contribution in [2.45, 2.75) is 63.8 Å². The Kier molecular flexibility index (Phi) is 6.43. The van der Waals surface area contributed by atoms with E-state index in [4.69, 9.17) is 5.26 Å². The minimum absolute atomic E-state index is 0.721. The fourth-order valence-electron chi connectivity index (χ4n) is 2.45. The zero-order valence-electron chi connectivity index (χ0n) is 10.0. The molecule has 0 radical (unpaired) electrons. The van der Waals surface area contributed by atoms with E-state index in [1.54, 1.807) is 0 Å². The van der Waals surface area contributed by atoms with Gasteiger partial charge < -0.3 is 4.90 Å². The molecule has 1 aliphatic carbocycles. The maximum atomic E-state index is 8.45. The summed E-state index contributed by atoms with van der Waals surface area (Å²) in [4.78, 5) is 2.52. The number of hydrogen-bond acceptors (Lipinski definition) is 2. The van der Waals surface area contributed by atoms with Crippen LogP contribution < -0.4 is 0 Å². The van der Waals surface area contributed by atoms with Crippen LogP contribution in [-0.2, 0) is 0 Å². The van der Waals surface area contributed by atoms with Crippen molar-refractivity contribution in [2.75, 3.05) is 13.6 Å². The summed E-state index contributed by atoms with van der Waals surface area (Å²) in [7, 11) is 2.25. The first-order valence-corrected chi connectivity index (χ1v) is 6.42. The smallest absolute Gasteiger partial charge is 0.0621 e. The SMILES string of the molecule is CN(CCCCC#N)C1CCCCCC1. The normalized spacial score (nSPS) is 18.7. The Labute approximate surface area is 94.3 Å². The lowest BCUT2D eigenvalue weighted by atomic mass is 10.1. The van der Waals surface area contributed by atoms with Crippen LogP contribution >= 0.6 is 0 Å². The predicted octanol–water partition coefficient (Wildman–Crippen LogP) is 3.33.